The molecule has 2 aromatic rings. The molecule has 142 valence electrons. The van der Waals surface area contributed by atoms with Gasteiger partial charge in [0.25, 0.3) is 0 Å². The highest BCUT2D eigenvalue weighted by Crippen LogP contribution is 2.42. The Morgan fingerprint density at radius 1 is 0.846 bits per heavy atom. The van der Waals surface area contributed by atoms with Gasteiger partial charge in [0.1, 0.15) is 0 Å². The number of benzene rings is 2. The van der Waals surface area contributed by atoms with Crippen LogP contribution in [0.25, 0.3) is 0 Å². The number of phosphoric acid groups is 1. The number of aromatic hydroxyl groups is 3. The number of phenols is 3. The van der Waals surface area contributed by atoms with Gasteiger partial charge in [-0.3, -0.25) is 9.79 Å². The molecule has 0 aliphatic carbocycles. The van der Waals surface area contributed by atoms with Crippen LogP contribution in [0, 0.1) is 11.8 Å². The van der Waals surface area contributed by atoms with Gasteiger partial charge in [-0.1, -0.05) is 26.0 Å². The maximum atomic E-state index is 10.9. The van der Waals surface area contributed by atoms with Crippen molar-refractivity contribution in [3.05, 3.63) is 47.5 Å². The predicted molar refractivity (Wildman–Crippen MR) is 96.3 cm³/mol. The molecule has 0 saturated carbocycles. The van der Waals surface area contributed by atoms with Crippen molar-refractivity contribution >= 4 is 7.82 Å². The molecule has 0 bridgehead atoms. The third-order valence-corrected chi connectivity index (χ3v) is 4.80. The summed E-state index contributed by atoms with van der Waals surface area (Å²) in [4.78, 5) is 17.6. The van der Waals surface area contributed by atoms with Crippen LogP contribution in [0.15, 0.2) is 36.4 Å². The lowest BCUT2D eigenvalue weighted by Gasteiger charge is -2.21. The van der Waals surface area contributed by atoms with E-state index in [1.165, 1.54) is 18.2 Å². The Morgan fingerprint density at radius 3 is 1.81 bits per heavy atom. The summed E-state index contributed by atoms with van der Waals surface area (Å²) in [7, 11) is -4.72. The van der Waals surface area contributed by atoms with Crippen molar-refractivity contribution in [3.8, 4) is 23.0 Å². The lowest BCUT2D eigenvalue weighted by Crippen LogP contribution is -2.13. The largest absolute Gasteiger partial charge is 0.524 e. The molecule has 0 aliphatic rings. The normalized spacial score (nSPS) is 14.0. The monoisotopic (exact) mass is 382 g/mol. The van der Waals surface area contributed by atoms with Crippen LogP contribution in [0.5, 0.6) is 23.0 Å². The standard InChI is InChI=1S/C18H23O7P/c1-11(7-13-3-5-15(19)16(20)9-13)12(2)8-14-4-6-18(17(21)10-14)25-26(22,23)24/h3-6,9-12,19-21H,7-8H2,1-2H3,(H2,22,23,24)/t11-,12+/m0/s1. The Balaban J connectivity index is 2.01. The number of hydrogen-bond donors (Lipinski definition) is 5. The average Bonchev–Trinajstić information content (AvgIpc) is 2.52. The van der Waals surface area contributed by atoms with Crippen LogP contribution in [-0.2, 0) is 17.4 Å². The van der Waals surface area contributed by atoms with Crippen molar-refractivity contribution in [3.63, 3.8) is 0 Å². The van der Waals surface area contributed by atoms with Crippen molar-refractivity contribution < 1.29 is 34.2 Å². The van der Waals surface area contributed by atoms with E-state index in [1.807, 2.05) is 0 Å². The SMILES string of the molecule is C[C@H](Cc1ccc(OP(=O)(O)O)c(O)c1)[C@@H](C)Cc1ccc(O)c(O)c1. The molecular formula is C18H23O7P. The molecule has 0 spiro atoms. The van der Waals surface area contributed by atoms with Crippen LogP contribution in [-0.4, -0.2) is 25.1 Å². The third-order valence-electron chi connectivity index (χ3n) is 4.37. The topological polar surface area (TPSA) is 127 Å². The van der Waals surface area contributed by atoms with E-state index in [0.717, 1.165) is 11.1 Å². The van der Waals surface area contributed by atoms with Gasteiger partial charge in [-0.2, -0.15) is 0 Å². The fourth-order valence-electron chi connectivity index (χ4n) is 2.74. The van der Waals surface area contributed by atoms with E-state index in [4.69, 9.17) is 9.79 Å². The first-order valence-corrected chi connectivity index (χ1v) is 9.66. The summed E-state index contributed by atoms with van der Waals surface area (Å²) in [5, 5.41) is 28.8. The first-order chi connectivity index (χ1) is 12.0. The van der Waals surface area contributed by atoms with Crippen LogP contribution in [0.2, 0.25) is 0 Å². The minimum absolute atomic E-state index is 0.145. The Bertz CT molecular complexity index is 815. The summed E-state index contributed by atoms with van der Waals surface area (Å²) in [5.41, 5.74) is 1.72. The molecule has 0 aromatic heterocycles. The molecule has 0 unspecified atom stereocenters. The fraction of sp³-hybridized carbons (Fsp3) is 0.333. The van der Waals surface area contributed by atoms with Gasteiger partial charge in [0.05, 0.1) is 0 Å². The van der Waals surface area contributed by atoms with Crippen molar-refractivity contribution in [2.75, 3.05) is 0 Å². The van der Waals surface area contributed by atoms with Crippen molar-refractivity contribution in [1.29, 1.82) is 0 Å². The van der Waals surface area contributed by atoms with Gasteiger partial charge in [-0.25, -0.2) is 4.57 Å². The second-order valence-electron chi connectivity index (χ2n) is 6.57. The van der Waals surface area contributed by atoms with Gasteiger partial charge in [0.2, 0.25) is 0 Å². The Kier molecular flexibility index (Phi) is 6.18. The Hall–Kier alpha value is -2.21. The highest BCUT2D eigenvalue weighted by Gasteiger charge is 2.20. The molecule has 2 atom stereocenters. The van der Waals surface area contributed by atoms with Crippen molar-refractivity contribution in [1.82, 2.24) is 0 Å². The molecule has 0 aliphatic heterocycles. The summed E-state index contributed by atoms with van der Waals surface area (Å²) >= 11 is 0. The third kappa shape index (κ3) is 5.66. The highest BCUT2D eigenvalue weighted by atomic mass is 31.2. The summed E-state index contributed by atoms with van der Waals surface area (Å²) < 4.78 is 15.3. The van der Waals surface area contributed by atoms with E-state index >= 15 is 0 Å². The van der Waals surface area contributed by atoms with E-state index < -0.39 is 7.82 Å². The molecule has 0 saturated heterocycles. The van der Waals surface area contributed by atoms with E-state index in [-0.39, 0.29) is 34.8 Å². The van der Waals surface area contributed by atoms with E-state index in [9.17, 15) is 19.9 Å². The summed E-state index contributed by atoms with van der Waals surface area (Å²) in [6, 6.07) is 9.18. The van der Waals surface area contributed by atoms with Gasteiger partial charge >= 0.3 is 7.82 Å². The summed E-state index contributed by atoms with van der Waals surface area (Å²) in [5.74, 6) is -0.391. The molecule has 0 radical (unpaired) electrons. The highest BCUT2D eigenvalue weighted by molar-refractivity contribution is 7.46. The molecule has 0 fully saturated rings. The Labute approximate surface area is 151 Å². The second-order valence-corrected chi connectivity index (χ2v) is 7.73. The van der Waals surface area contributed by atoms with Gasteiger partial charge in [0, 0.05) is 0 Å². The summed E-state index contributed by atoms with van der Waals surface area (Å²) in [6.45, 7) is 4.13. The number of phosphoric ester groups is 1. The maximum Gasteiger partial charge on any atom is 0.524 e. The quantitative estimate of drug-likeness (QED) is 0.367. The van der Waals surface area contributed by atoms with Gasteiger partial charge in [0.15, 0.2) is 23.0 Å². The lowest BCUT2D eigenvalue weighted by molar-refractivity contribution is 0.277. The maximum absolute atomic E-state index is 10.9. The van der Waals surface area contributed by atoms with Crippen LogP contribution in [0.3, 0.4) is 0 Å². The van der Waals surface area contributed by atoms with E-state index in [0.29, 0.717) is 12.8 Å². The molecule has 5 N–H and O–H groups in total. The predicted octanol–water partition coefficient (Wildman–Crippen LogP) is 3.33. The number of rotatable bonds is 7. The van der Waals surface area contributed by atoms with E-state index in [1.54, 1.807) is 18.2 Å². The van der Waals surface area contributed by atoms with Crippen LogP contribution >= 0.6 is 7.82 Å². The minimum atomic E-state index is -4.72. The smallest absolute Gasteiger partial charge is 0.504 e. The fourth-order valence-corrected chi connectivity index (χ4v) is 3.15. The molecule has 2 aromatic carbocycles. The van der Waals surface area contributed by atoms with Gasteiger partial charge in [-0.05, 0) is 60.1 Å². The van der Waals surface area contributed by atoms with Crippen LogP contribution in [0.4, 0.5) is 0 Å². The lowest BCUT2D eigenvalue weighted by atomic mass is 9.85. The van der Waals surface area contributed by atoms with Crippen molar-refractivity contribution in [2.24, 2.45) is 11.8 Å². The first-order valence-electron chi connectivity index (χ1n) is 8.13. The zero-order chi connectivity index (χ0) is 19.5. The second kappa shape index (κ2) is 7.99. The van der Waals surface area contributed by atoms with Gasteiger partial charge < -0.3 is 19.8 Å². The number of hydrogen-bond acceptors (Lipinski definition) is 5. The van der Waals surface area contributed by atoms with Crippen LogP contribution < -0.4 is 4.52 Å². The number of phenolic OH excluding ortho intramolecular Hbond substituents is 3. The van der Waals surface area contributed by atoms with E-state index in [2.05, 4.69) is 18.4 Å². The Morgan fingerprint density at radius 2 is 1.35 bits per heavy atom. The molecular weight excluding hydrogens is 359 g/mol. The molecule has 2 rings (SSSR count). The molecule has 0 amide bonds. The molecule has 7 nitrogen and oxygen atoms in total. The molecule has 26 heavy (non-hydrogen) atoms. The zero-order valence-corrected chi connectivity index (χ0v) is 15.4. The zero-order valence-electron chi connectivity index (χ0n) is 14.5. The molecule has 8 heteroatoms. The minimum Gasteiger partial charge on any atom is -0.504 e. The van der Waals surface area contributed by atoms with Crippen LogP contribution in [0.1, 0.15) is 25.0 Å². The summed E-state index contributed by atoms with van der Waals surface area (Å²) in [6.07, 6.45) is 1.36. The first kappa shape index (κ1) is 20.1. The van der Waals surface area contributed by atoms with Gasteiger partial charge in [-0.15, -0.1) is 0 Å². The van der Waals surface area contributed by atoms with Crippen molar-refractivity contribution in [2.45, 2.75) is 26.7 Å². The average molecular weight is 382 g/mol. The molecule has 0 heterocycles.